The number of aromatic carboxylic acids is 1. The maximum Gasteiger partial charge on any atom is 0.414 e. The molecule has 2 aromatic rings. The minimum absolute atomic E-state index is 0.0357. The summed E-state index contributed by atoms with van der Waals surface area (Å²) in [5, 5.41) is 8.94. The number of nitrogens with zero attached hydrogens (tertiary/aromatic N) is 3. The zero-order chi connectivity index (χ0) is 31.4. The van der Waals surface area contributed by atoms with Crippen molar-refractivity contribution in [3.05, 3.63) is 58.7 Å². The van der Waals surface area contributed by atoms with Crippen LogP contribution >= 0.6 is 0 Å². The van der Waals surface area contributed by atoms with Crippen LogP contribution in [-0.2, 0) is 22.3 Å². The summed E-state index contributed by atoms with van der Waals surface area (Å²) in [4.78, 5) is 52.6. The minimum atomic E-state index is -0.960. The first-order valence-electron chi connectivity index (χ1n) is 14.3. The minimum Gasteiger partial charge on any atom is -0.478 e. The lowest BCUT2D eigenvalue weighted by atomic mass is 10.1. The lowest BCUT2D eigenvalue weighted by molar-refractivity contribution is 0.0573. The fourth-order valence-corrected chi connectivity index (χ4v) is 4.78. The summed E-state index contributed by atoms with van der Waals surface area (Å²) in [6.45, 7) is 17.4. The highest BCUT2D eigenvalue weighted by Gasteiger charge is 2.31. The second-order valence-electron chi connectivity index (χ2n) is 12.2. The Morgan fingerprint density at radius 1 is 0.738 bits per heavy atom. The van der Waals surface area contributed by atoms with E-state index in [1.165, 1.54) is 6.07 Å². The molecule has 10 nitrogen and oxygen atoms in total. The molecule has 42 heavy (non-hydrogen) atoms. The van der Waals surface area contributed by atoms with Crippen molar-refractivity contribution in [2.75, 3.05) is 36.0 Å². The van der Waals surface area contributed by atoms with Crippen molar-refractivity contribution in [2.24, 2.45) is 0 Å². The van der Waals surface area contributed by atoms with Gasteiger partial charge in [-0.05, 0) is 116 Å². The maximum absolute atomic E-state index is 12.4. The first-order chi connectivity index (χ1) is 19.5. The number of rotatable bonds is 4. The summed E-state index contributed by atoms with van der Waals surface area (Å²) in [6, 6.07) is 10.3. The number of carboxylic acids is 1. The van der Waals surface area contributed by atoms with Crippen molar-refractivity contribution in [2.45, 2.75) is 79.4 Å². The van der Waals surface area contributed by atoms with Crippen LogP contribution in [-0.4, -0.2) is 71.5 Å². The van der Waals surface area contributed by atoms with Gasteiger partial charge in [0.15, 0.2) is 0 Å². The smallest absolute Gasteiger partial charge is 0.414 e. The van der Waals surface area contributed by atoms with Gasteiger partial charge in [0.1, 0.15) is 11.2 Å². The van der Waals surface area contributed by atoms with Gasteiger partial charge in [0.25, 0.3) is 5.91 Å². The van der Waals surface area contributed by atoms with E-state index in [0.717, 1.165) is 28.9 Å². The summed E-state index contributed by atoms with van der Waals surface area (Å²) in [7, 11) is 0. The van der Waals surface area contributed by atoms with E-state index in [-0.39, 0.29) is 17.6 Å². The highest BCUT2D eigenvalue weighted by molar-refractivity contribution is 5.97. The zero-order valence-electron chi connectivity index (χ0n) is 25.9. The number of carboxylic acid groups (broad SMARTS) is 1. The molecule has 0 aromatic heterocycles. The number of ether oxygens (including phenoxy) is 2. The van der Waals surface area contributed by atoms with Crippen LogP contribution in [0.3, 0.4) is 0 Å². The number of anilines is 2. The Kier molecular flexibility index (Phi) is 9.91. The molecular formula is C32H43N3O7. The van der Waals surface area contributed by atoms with E-state index < -0.39 is 23.3 Å². The topological polar surface area (TPSA) is 117 Å². The van der Waals surface area contributed by atoms with Gasteiger partial charge in [0, 0.05) is 31.7 Å². The van der Waals surface area contributed by atoms with Crippen molar-refractivity contribution >= 4 is 35.4 Å². The van der Waals surface area contributed by atoms with Gasteiger partial charge in [0.2, 0.25) is 0 Å². The number of carbonyl (C=O) groups excluding carboxylic acids is 3. The van der Waals surface area contributed by atoms with Crippen LogP contribution in [0.15, 0.2) is 36.4 Å². The maximum atomic E-state index is 12.4. The quantitative estimate of drug-likeness (QED) is 0.460. The van der Waals surface area contributed by atoms with Gasteiger partial charge in [-0.1, -0.05) is 0 Å². The molecule has 1 N–H and O–H groups in total. The van der Waals surface area contributed by atoms with Gasteiger partial charge in [-0.3, -0.25) is 14.6 Å². The molecule has 0 saturated heterocycles. The van der Waals surface area contributed by atoms with Crippen LogP contribution in [0.25, 0.3) is 0 Å². The van der Waals surface area contributed by atoms with Crippen molar-refractivity contribution in [3.63, 3.8) is 0 Å². The molecule has 3 amide bonds. The molecule has 2 aliphatic heterocycles. The Balaban J connectivity index is 0.000000235. The fourth-order valence-electron chi connectivity index (χ4n) is 4.78. The summed E-state index contributed by atoms with van der Waals surface area (Å²) in [5.41, 5.74) is 3.33. The molecule has 4 rings (SSSR count). The number of carbonyl (C=O) groups is 4. The van der Waals surface area contributed by atoms with Crippen molar-refractivity contribution in [1.29, 1.82) is 0 Å². The number of hydrogen-bond donors (Lipinski definition) is 1. The van der Waals surface area contributed by atoms with Crippen LogP contribution in [0.1, 0.15) is 87.2 Å². The third-order valence-electron chi connectivity index (χ3n) is 6.72. The van der Waals surface area contributed by atoms with E-state index in [0.29, 0.717) is 38.2 Å². The zero-order valence-corrected chi connectivity index (χ0v) is 25.9. The summed E-state index contributed by atoms with van der Waals surface area (Å²) >= 11 is 0. The average molecular weight is 582 g/mol. The summed E-state index contributed by atoms with van der Waals surface area (Å²) in [6.07, 6.45) is 0.664. The van der Waals surface area contributed by atoms with Crippen molar-refractivity contribution in [3.8, 4) is 0 Å². The van der Waals surface area contributed by atoms with Gasteiger partial charge in [-0.2, -0.15) is 0 Å². The molecule has 2 aromatic carbocycles. The second kappa shape index (κ2) is 12.8. The molecule has 0 aliphatic carbocycles. The van der Waals surface area contributed by atoms with Crippen LogP contribution in [0.4, 0.5) is 21.0 Å². The molecule has 0 fully saturated rings. The van der Waals surface area contributed by atoms with Crippen LogP contribution in [0.2, 0.25) is 0 Å². The molecule has 2 aliphatic rings. The molecule has 0 saturated carbocycles. The highest BCUT2D eigenvalue weighted by Crippen LogP contribution is 2.31. The summed E-state index contributed by atoms with van der Waals surface area (Å²) in [5.74, 6) is -0.924. The Hall–Kier alpha value is -4.08. The van der Waals surface area contributed by atoms with E-state index >= 15 is 0 Å². The number of benzene rings is 2. The molecule has 2 heterocycles. The largest absolute Gasteiger partial charge is 0.478 e. The van der Waals surface area contributed by atoms with Gasteiger partial charge in [-0.25, -0.2) is 14.4 Å². The van der Waals surface area contributed by atoms with Gasteiger partial charge >= 0.3 is 18.2 Å². The molecule has 0 bridgehead atoms. The van der Waals surface area contributed by atoms with Crippen molar-refractivity contribution in [1.82, 2.24) is 4.90 Å². The highest BCUT2D eigenvalue weighted by atomic mass is 16.6. The molecular weight excluding hydrogens is 538 g/mol. The van der Waals surface area contributed by atoms with E-state index in [1.54, 1.807) is 32.9 Å². The second-order valence-corrected chi connectivity index (χ2v) is 12.2. The SMILES string of the molecule is CC(C)(C)OC(=O)N1CCc2cc(C(=O)O)ccc21.CCN(CC)C(=O)c1ccc2c(c1)CCN2C(=O)OC(C)(C)C. The van der Waals surface area contributed by atoms with Gasteiger partial charge in [0.05, 0.1) is 16.9 Å². The molecule has 0 spiro atoms. The van der Waals surface area contributed by atoms with Crippen LogP contribution in [0, 0.1) is 0 Å². The van der Waals surface area contributed by atoms with E-state index in [2.05, 4.69) is 0 Å². The first-order valence-corrected chi connectivity index (χ1v) is 14.3. The standard InChI is InChI=1S/C18H26N2O3.C14H17NO4/c1-6-19(7-2)16(21)14-8-9-15-13(12-14)10-11-20(15)17(22)23-18(3,4)5;1-14(2,3)19-13(18)15-7-6-9-8-10(12(16)17)4-5-11(9)15/h8-9,12H,6-7,10-11H2,1-5H3;4-5,8H,6-7H2,1-3H3,(H,16,17). The number of fused-ring (bicyclic) bond motifs is 2. The van der Waals surface area contributed by atoms with Gasteiger partial charge in [-0.15, -0.1) is 0 Å². The monoisotopic (exact) mass is 581 g/mol. The average Bonchev–Trinajstić information content (AvgIpc) is 3.51. The molecule has 0 radical (unpaired) electrons. The Bertz CT molecular complexity index is 1340. The molecule has 0 atom stereocenters. The summed E-state index contributed by atoms with van der Waals surface area (Å²) < 4.78 is 10.8. The van der Waals surface area contributed by atoms with Crippen molar-refractivity contribution < 1.29 is 33.8 Å². The third-order valence-corrected chi connectivity index (χ3v) is 6.72. The Morgan fingerprint density at radius 3 is 1.52 bits per heavy atom. The lowest BCUT2D eigenvalue weighted by Crippen LogP contribution is -2.35. The number of hydrogen-bond acceptors (Lipinski definition) is 6. The first kappa shape index (κ1) is 32.4. The predicted molar refractivity (Wildman–Crippen MR) is 162 cm³/mol. The van der Waals surface area contributed by atoms with E-state index in [9.17, 15) is 19.2 Å². The molecule has 10 heteroatoms. The predicted octanol–water partition coefficient (Wildman–Crippen LogP) is 6.15. The van der Waals surface area contributed by atoms with Crippen LogP contribution in [0.5, 0.6) is 0 Å². The molecule has 228 valence electrons. The molecule has 0 unspecified atom stereocenters. The number of amides is 3. The van der Waals surface area contributed by atoms with Crippen LogP contribution < -0.4 is 9.80 Å². The Labute approximate surface area is 248 Å². The third kappa shape index (κ3) is 8.02. The van der Waals surface area contributed by atoms with Gasteiger partial charge < -0.3 is 19.5 Å². The Morgan fingerprint density at radius 2 is 1.14 bits per heavy atom. The lowest BCUT2D eigenvalue weighted by Gasteiger charge is -2.25. The fraction of sp³-hybridized carbons (Fsp3) is 0.500. The normalized spacial score (nSPS) is 13.9. The van der Waals surface area contributed by atoms with E-state index in [1.807, 2.05) is 67.5 Å². The van der Waals surface area contributed by atoms with E-state index in [4.69, 9.17) is 14.6 Å².